The smallest absolute Gasteiger partial charge is 0.307 e. The molecule has 1 atom stereocenters. The molecule has 1 aromatic rings. The normalized spacial score (nSPS) is 17.3. The highest BCUT2D eigenvalue weighted by atomic mass is 35.5. The molecule has 0 radical (unpaired) electrons. The molecule has 1 unspecified atom stereocenters. The van der Waals surface area contributed by atoms with Crippen molar-refractivity contribution in [2.75, 3.05) is 31.6 Å². The number of piperazine rings is 1. The molecule has 0 spiro atoms. The molecule has 8 heteroatoms. The minimum Gasteiger partial charge on any atom is -0.466 e. The molecular formula is C19H26ClN3O4. The van der Waals surface area contributed by atoms with Gasteiger partial charge < -0.3 is 15.4 Å². The summed E-state index contributed by atoms with van der Waals surface area (Å²) in [6.07, 6.45) is 1.64. The van der Waals surface area contributed by atoms with Crippen molar-refractivity contribution < 1.29 is 19.1 Å². The average Bonchev–Trinajstić information content (AvgIpc) is 2.62. The van der Waals surface area contributed by atoms with Crippen LogP contribution >= 0.6 is 11.6 Å². The summed E-state index contributed by atoms with van der Waals surface area (Å²) in [5.74, 6) is -0.957. The zero-order valence-electron chi connectivity index (χ0n) is 15.7. The highest BCUT2D eigenvalue weighted by Gasteiger charge is 2.33. The maximum atomic E-state index is 12.4. The van der Waals surface area contributed by atoms with E-state index in [2.05, 4.69) is 10.6 Å². The van der Waals surface area contributed by atoms with Crippen molar-refractivity contribution in [2.45, 2.75) is 39.2 Å². The second-order valence-corrected chi connectivity index (χ2v) is 6.92. The molecule has 1 heterocycles. The van der Waals surface area contributed by atoms with Crippen LogP contribution in [0.5, 0.6) is 0 Å². The third-order valence-corrected chi connectivity index (χ3v) is 4.86. The van der Waals surface area contributed by atoms with Gasteiger partial charge in [0.05, 0.1) is 19.6 Å². The van der Waals surface area contributed by atoms with Gasteiger partial charge in [-0.15, -0.1) is 0 Å². The number of rotatable bonds is 8. The summed E-state index contributed by atoms with van der Waals surface area (Å²) in [5, 5.41) is 6.12. The Bertz CT molecular complexity index is 696. The van der Waals surface area contributed by atoms with Gasteiger partial charge in [-0.1, -0.05) is 31.0 Å². The predicted octanol–water partition coefficient (Wildman–Crippen LogP) is 2.12. The minimum absolute atomic E-state index is 0.00623. The lowest BCUT2D eigenvalue weighted by molar-refractivity contribution is -0.149. The molecule has 7 nitrogen and oxygen atoms in total. The quantitative estimate of drug-likeness (QED) is 0.520. The maximum Gasteiger partial charge on any atom is 0.307 e. The summed E-state index contributed by atoms with van der Waals surface area (Å²) >= 11 is 6.07. The Kier molecular flexibility index (Phi) is 8.06. The Labute approximate surface area is 164 Å². The molecule has 2 amide bonds. The topological polar surface area (TPSA) is 87.7 Å². The Morgan fingerprint density at radius 2 is 2.19 bits per heavy atom. The van der Waals surface area contributed by atoms with E-state index in [1.807, 2.05) is 13.8 Å². The Morgan fingerprint density at radius 1 is 1.41 bits per heavy atom. The number of hydrogen-bond acceptors (Lipinski definition) is 5. The van der Waals surface area contributed by atoms with Gasteiger partial charge in [0.15, 0.2) is 0 Å². The molecule has 1 saturated heterocycles. The van der Waals surface area contributed by atoms with Crippen molar-refractivity contribution in [3.8, 4) is 0 Å². The minimum atomic E-state index is -0.709. The summed E-state index contributed by atoms with van der Waals surface area (Å²) in [4.78, 5) is 38.3. The van der Waals surface area contributed by atoms with Gasteiger partial charge in [0.1, 0.15) is 6.04 Å². The summed E-state index contributed by atoms with van der Waals surface area (Å²) in [6, 6.07) is 4.57. The first kappa shape index (κ1) is 21.2. The molecule has 0 aromatic heterocycles. The number of ether oxygens (including phenoxy) is 1. The number of halogens is 1. The molecule has 1 fully saturated rings. The second kappa shape index (κ2) is 10.3. The number of benzene rings is 1. The zero-order chi connectivity index (χ0) is 19.8. The lowest BCUT2D eigenvalue weighted by Crippen LogP contribution is -2.57. The molecule has 2 rings (SSSR count). The number of esters is 1. The summed E-state index contributed by atoms with van der Waals surface area (Å²) in [7, 11) is 0. The number of amides is 2. The van der Waals surface area contributed by atoms with Crippen molar-refractivity contribution >= 4 is 35.1 Å². The van der Waals surface area contributed by atoms with Gasteiger partial charge in [0.2, 0.25) is 11.8 Å². The van der Waals surface area contributed by atoms with Crippen LogP contribution in [0.25, 0.3) is 0 Å². The van der Waals surface area contributed by atoms with Gasteiger partial charge in [-0.05, 0) is 31.0 Å². The molecule has 27 heavy (non-hydrogen) atoms. The van der Waals surface area contributed by atoms with Crippen LogP contribution in [0.4, 0.5) is 5.69 Å². The first-order valence-corrected chi connectivity index (χ1v) is 9.52. The fraction of sp³-hybridized carbons (Fsp3) is 0.526. The van der Waals surface area contributed by atoms with E-state index in [-0.39, 0.29) is 24.8 Å². The largest absolute Gasteiger partial charge is 0.466 e. The fourth-order valence-electron chi connectivity index (χ4n) is 2.84. The van der Waals surface area contributed by atoms with Crippen LogP contribution in [-0.2, 0) is 19.1 Å². The molecule has 148 valence electrons. The zero-order valence-corrected chi connectivity index (χ0v) is 16.5. The molecule has 0 bridgehead atoms. The number of carbonyl (C=O) groups excluding carboxylic acids is 3. The third kappa shape index (κ3) is 6.22. The molecule has 0 aliphatic carbocycles. The third-order valence-electron chi connectivity index (χ3n) is 4.45. The SMILES string of the molecule is CCCCOC(=O)CC1C(=O)NCCN1CC(=O)Nc1cccc(Cl)c1C. The van der Waals surface area contributed by atoms with Crippen LogP contribution in [0.1, 0.15) is 31.7 Å². The van der Waals surface area contributed by atoms with E-state index >= 15 is 0 Å². The van der Waals surface area contributed by atoms with Crippen molar-refractivity contribution in [2.24, 2.45) is 0 Å². The lowest BCUT2D eigenvalue weighted by Gasteiger charge is -2.33. The Morgan fingerprint density at radius 3 is 2.93 bits per heavy atom. The second-order valence-electron chi connectivity index (χ2n) is 6.52. The lowest BCUT2D eigenvalue weighted by atomic mass is 10.1. The molecule has 1 aromatic carbocycles. The first-order valence-electron chi connectivity index (χ1n) is 9.14. The van der Waals surface area contributed by atoms with Crippen LogP contribution in [-0.4, -0.2) is 55.0 Å². The maximum absolute atomic E-state index is 12.4. The van der Waals surface area contributed by atoms with E-state index < -0.39 is 12.0 Å². The van der Waals surface area contributed by atoms with Crippen molar-refractivity contribution in [3.63, 3.8) is 0 Å². The van der Waals surface area contributed by atoms with E-state index in [1.165, 1.54) is 0 Å². The van der Waals surface area contributed by atoms with Gasteiger partial charge in [0.25, 0.3) is 0 Å². The standard InChI is InChI=1S/C19H26ClN3O4/c1-3-4-10-27-18(25)11-16-19(26)21-8-9-23(16)12-17(24)22-15-7-5-6-14(20)13(15)2/h5-7,16H,3-4,8-12H2,1-2H3,(H,21,26)(H,22,24). The van der Waals surface area contributed by atoms with E-state index in [0.717, 1.165) is 18.4 Å². The number of unbranched alkanes of at least 4 members (excludes halogenated alkanes) is 1. The van der Waals surface area contributed by atoms with E-state index in [4.69, 9.17) is 16.3 Å². The number of nitrogens with zero attached hydrogens (tertiary/aromatic N) is 1. The van der Waals surface area contributed by atoms with Crippen LogP contribution in [0, 0.1) is 6.92 Å². The van der Waals surface area contributed by atoms with Gasteiger partial charge >= 0.3 is 5.97 Å². The Balaban J connectivity index is 1.97. The van der Waals surface area contributed by atoms with Crippen LogP contribution < -0.4 is 10.6 Å². The van der Waals surface area contributed by atoms with Crippen LogP contribution in [0.2, 0.25) is 5.02 Å². The Hall–Kier alpha value is -2.12. The van der Waals surface area contributed by atoms with Gasteiger partial charge in [-0.3, -0.25) is 19.3 Å². The molecule has 2 N–H and O–H groups in total. The highest BCUT2D eigenvalue weighted by Crippen LogP contribution is 2.23. The van der Waals surface area contributed by atoms with Gasteiger partial charge in [-0.25, -0.2) is 0 Å². The van der Waals surface area contributed by atoms with E-state index in [1.54, 1.807) is 23.1 Å². The summed E-state index contributed by atoms with van der Waals surface area (Å²) in [6.45, 7) is 5.10. The number of nitrogens with one attached hydrogen (secondary N) is 2. The van der Waals surface area contributed by atoms with Gasteiger partial charge in [0, 0.05) is 23.8 Å². The number of hydrogen-bond donors (Lipinski definition) is 2. The fourth-order valence-corrected chi connectivity index (χ4v) is 3.01. The number of carbonyl (C=O) groups is 3. The molecule has 1 aliphatic heterocycles. The van der Waals surface area contributed by atoms with Crippen molar-refractivity contribution in [1.29, 1.82) is 0 Å². The summed E-state index contributed by atoms with van der Waals surface area (Å²) in [5.41, 5.74) is 1.41. The van der Waals surface area contributed by atoms with Crippen LogP contribution in [0.3, 0.4) is 0 Å². The van der Waals surface area contributed by atoms with Gasteiger partial charge in [-0.2, -0.15) is 0 Å². The van der Waals surface area contributed by atoms with Crippen molar-refractivity contribution in [3.05, 3.63) is 28.8 Å². The first-order chi connectivity index (χ1) is 12.9. The molecule has 1 aliphatic rings. The van der Waals surface area contributed by atoms with E-state index in [0.29, 0.717) is 30.4 Å². The van der Waals surface area contributed by atoms with Crippen molar-refractivity contribution in [1.82, 2.24) is 10.2 Å². The summed E-state index contributed by atoms with van der Waals surface area (Å²) < 4.78 is 5.15. The monoisotopic (exact) mass is 395 g/mol. The highest BCUT2D eigenvalue weighted by molar-refractivity contribution is 6.31. The molecular weight excluding hydrogens is 370 g/mol. The number of anilines is 1. The van der Waals surface area contributed by atoms with Crippen LogP contribution in [0.15, 0.2) is 18.2 Å². The average molecular weight is 396 g/mol. The van der Waals surface area contributed by atoms with E-state index in [9.17, 15) is 14.4 Å². The molecule has 0 saturated carbocycles. The predicted molar refractivity (Wildman–Crippen MR) is 104 cm³/mol.